The summed E-state index contributed by atoms with van der Waals surface area (Å²) in [5.74, 6) is 0.766. The predicted molar refractivity (Wildman–Crippen MR) is 50.5 cm³/mol. The molecule has 1 aromatic rings. The molecule has 1 aromatic heterocycles. The van der Waals surface area contributed by atoms with Crippen LogP contribution in [0.3, 0.4) is 0 Å². The molecule has 1 fully saturated rings. The fraction of sp³-hybridized carbons (Fsp3) is 0.700. The van der Waals surface area contributed by atoms with Gasteiger partial charge in [0.1, 0.15) is 0 Å². The molecule has 1 atom stereocenters. The molecule has 3 heteroatoms. The second-order valence-corrected chi connectivity index (χ2v) is 3.75. The molecule has 1 aliphatic heterocycles. The van der Waals surface area contributed by atoms with E-state index in [1.54, 1.807) is 0 Å². The molecule has 0 aliphatic carbocycles. The lowest BCUT2D eigenvalue weighted by atomic mass is 10.1. The van der Waals surface area contributed by atoms with E-state index in [1.807, 2.05) is 12.5 Å². The molecule has 0 spiro atoms. The number of hydrogen-bond acceptors (Lipinski definition) is 2. The maximum Gasteiger partial charge on any atom is 0.0948 e. The van der Waals surface area contributed by atoms with Crippen LogP contribution < -0.4 is 0 Å². The monoisotopic (exact) mass is 180 g/mol. The summed E-state index contributed by atoms with van der Waals surface area (Å²) in [5.41, 5.74) is 1.25. The zero-order chi connectivity index (χ0) is 9.10. The molecule has 0 saturated carbocycles. The van der Waals surface area contributed by atoms with Crippen LogP contribution >= 0.6 is 0 Å². The smallest absolute Gasteiger partial charge is 0.0948 e. The van der Waals surface area contributed by atoms with Crippen LogP contribution in [0, 0.1) is 12.8 Å². The van der Waals surface area contributed by atoms with Gasteiger partial charge >= 0.3 is 0 Å². The summed E-state index contributed by atoms with van der Waals surface area (Å²) in [4.78, 5) is 4.10. The molecular weight excluding hydrogens is 164 g/mol. The number of hydrogen-bond donors (Lipinski definition) is 0. The minimum atomic E-state index is 0.766. The van der Waals surface area contributed by atoms with Gasteiger partial charge in [0.2, 0.25) is 0 Å². The van der Waals surface area contributed by atoms with Crippen molar-refractivity contribution in [2.24, 2.45) is 5.92 Å². The van der Waals surface area contributed by atoms with Crippen LogP contribution in [-0.4, -0.2) is 22.8 Å². The summed E-state index contributed by atoms with van der Waals surface area (Å²) in [6.45, 7) is 5.08. The largest absolute Gasteiger partial charge is 0.381 e. The molecule has 0 amide bonds. The Kier molecular flexibility index (Phi) is 2.64. The van der Waals surface area contributed by atoms with Crippen molar-refractivity contribution in [3.8, 4) is 0 Å². The Morgan fingerprint density at radius 1 is 1.69 bits per heavy atom. The minimum Gasteiger partial charge on any atom is -0.381 e. The van der Waals surface area contributed by atoms with Crippen LogP contribution in [0.5, 0.6) is 0 Å². The van der Waals surface area contributed by atoms with Gasteiger partial charge < -0.3 is 9.30 Å². The van der Waals surface area contributed by atoms with Gasteiger partial charge in [-0.25, -0.2) is 4.98 Å². The first-order valence-electron chi connectivity index (χ1n) is 4.91. The lowest BCUT2D eigenvalue weighted by Crippen LogP contribution is -2.06. The van der Waals surface area contributed by atoms with E-state index in [-0.39, 0.29) is 0 Å². The van der Waals surface area contributed by atoms with E-state index in [9.17, 15) is 0 Å². The van der Waals surface area contributed by atoms with Gasteiger partial charge in [-0.05, 0) is 25.7 Å². The van der Waals surface area contributed by atoms with Crippen LogP contribution in [0.25, 0.3) is 0 Å². The summed E-state index contributed by atoms with van der Waals surface area (Å²) in [5, 5.41) is 0. The summed E-state index contributed by atoms with van der Waals surface area (Å²) in [6.07, 6.45) is 6.27. The molecule has 2 rings (SSSR count). The lowest BCUT2D eigenvalue weighted by Gasteiger charge is -2.08. The van der Waals surface area contributed by atoms with Gasteiger partial charge in [-0.2, -0.15) is 0 Å². The molecule has 3 nitrogen and oxygen atoms in total. The van der Waals surface area contributed by atoms with Crippen LogP contribution in [0.1, 0.15) is 18.5 Å². The normalized spacial score (nSPS) is 22.4. The molecule has 2 heterocycles. The molecule has 72 valence electrons. The van der Waals surface area contributed by atoms with Gasteiger partial charge in [0, 0.05) is 31.6 Å². The maximum absolute atomic E-state index is 5.33. The lowest BCUT2D eigenvalue weighted by molar-refractivity contribution is 0.183. The van der Waals surface area contributed by atoms with Gasteiger partial charge in [-0.1, -0.05) is 0 Å². The highest BCUT2D eigenvalue weighted by molar-refractivity contribution is 4.93. The van der Waals surface area contributed by atoms with Gasteiger partial charge in [0.05, 0.1) is 6.33 Å². The molecular formula is C10H16N2O. The van der Waals surface area contributed by atoms with Crippen molar-refractivity contribution in [3.63, 3.8) is 0 Å². The highest BCUT2D eigenvalue weighted by Crippen LogP contribution is 2.17. The summed E-state index contributed by atoms with van der Waals surface area (Å²) < 4.78 is 7.54. The molecule has 1 aliphatic rings. The quantitative estimate of drug-likeness (QED) is 0.706. The van der Waals surface area contributed by atoms with Crippen molar-refractivity contribution in [1.29, 1.82) is 0 Å². The first kappa shape index (κ1) is 8.75. The van der Waals surface area contributed by atoms with Crippen LogP contribution in [0.2, 0.25) is 0 Å². The van der Waals surface area contributed by atoms with E-state index in [0.29, 0.717) is 0 Å². The van der Waals surface area contributed by atoms with Crippen molar-refractivity contribution in [2.75, 3.05) is 13.2 Å². The average Bonchev–Trinajstić information content (AvgIpc) is 2.72. The van der Waals surface area contributed by atoms with E-state index in [2.05, 4.69) is 16.5 Å². The third kappa shape index (κ3) is 2.10. The number of nitrogens with zero attached hydrogens (tertiary/aromatic N) is 2. The van der Waals surface area contributed by atoms with Crippen LogP contribution in [0.4, 0.5) is 0 Å². The SMILES string of the molecule is Cc1cncn1CCC1CCOC1. The average molecular weight is 180 g/mol. The Bertz CT molecular complexity index is 264. The zero-order valence-electron chi connectivity index (χ0n) is 8.07. The molecule has 0 N–H and O–H groups in total. The summed E-state index contributed by atoms with van der Waals surface area (Å²) >= 11 is 0. The minimum absolute atomic E-state index is 0.766. The van der Waals surface area contributed by atoms with Gasteiger partial charge in [0.15, 0.2) is 0 Å². The van der Waals surface area contributed by atoms with Crippen molar-refractivity contribution < 1.29 is 4.74 Å². The van der Waals surface area contributed by atoms with E-state index in [1.165, 1.54) is 18.5 Å². The number of ether oxygens (including phenoxy) is 1. The van der Waals surface area contributed by atoms with E-state index in [4.69, 9.17) is 4.74 Å². The van der Waals surface area contributed by atoms with Gasteiger partial charge in [-0.3, -0.25) is 0 Å². The van der Waals surface area contributed by atoms with Crippen molar-refractivity contribution in [3.05, 3.63) is 18.2 Å². The number of imidazole rings is 1. The van der Waals surface area contributed by atoms with E-state index in [0.717, 1.165) is 25.7 Å². The second kappa shape index (κ2) is 3.92. The fourth-order valence-corrected chi connectivity index (χ4v) is 1.75. The van der Waals surface area contributed by atoms with Crippen LogP contribution in [-0.2, 0) is 11.3 Å². The second-order valence-electron chi connectivity index (χ2n) is 3.75. The number of aryl methyl sites for hydroxylation is 2. The van der Waals surface area contributed by atoms with Gasteiger partial charge in [-0.15, -0.1) is 0 Å². The third-order valence-corrected chi connectivity index (χ3v) is 2.72. The first-order chi connectivity index (χ1) is 6.36. The van der Waals surface area contributed by atoms with Crippen LogP contribution in [0.15, 0.2) is 12.5 Å². The molecule has 1 unspecified atom stereocenters. The highest BCUT2D eigenvalue weighted by Gasteiger charge is 2.15. The Hall–Kier alpha value is -0.830. The molecule has 0 radical (unpaired) electrons. The zero-order valence-corrected chi connectivity index (χ0v) is 8.07. The van der Waals surface area contributed by atoms with Crippen molar-refractivity contribution in [2.45, 2.75) is 26.3 Å². The Balaban J connectivity index is 1.82. The summed E-state index contributed by atoms with van der Waals surface area (Å²) in [7, 11) is 0. The van der Waals surface area contributed by atoms with E-state index >= 15 is 0 Å². The summed E-state index contributed by atoms with van der Waals surface area (Å²) in [6, 6.07) is 0. The Labute approximate surface area is 78.7 Å². The standard InChI is InChI=1S/C10H16N2O/c1-9-6-11-8-12(9)4-2-10-3-5-13-7-10/h6,8,10H,2-5,7H2,1H3. The molecule has 0 aromatic carbocycles. The van der Waals surface area contributed by atoms with Crippen molar-refractivity contribution in [1.82, 2.24) is 9.55 Å². The Morgan fingerprint density at radius 2 is 2.62 bits per heavy atom. The molecule has 13 heavy (non-hydrogen) atoms. The van der Waals surface area contributed by atoms with Crippen molar-refractivity contribution >= 4 is 0 Å². The third-order valence-electron chi connectivity index (χ3n) is 2.72. The maximum atomic E-state index is 5.33. The molecule has 0 bridgehead atoms. The number of aromatic nitrogens is 2. The van der Waals surface area contributed by atoms with Gasteiger partial charge in [0.25, 0.3) is 0 Å². The molecule has 1 saturated heterocycles. The number of rotatable bonds is 3. The van der Waals surface area contributed by atoms with E-state index < -0.39 is 0 Å². The topological polar surface area (TPSA) is 27.1 Å². The first-order valence-corrected chi connectivity index (χ1v) is 4.91. The predicted octanol–water partition coefficient (Wildman–Crippen LogP) is 1.62. The fourth-order valence-electron chi connectivity index (χ4n) is 1.75. The highest BCUT2D eigenvalue weighted by atomic mass is 16.5. The Morgan fingerprint density at radius 3 is 3.23 bits per heavy atom.